The molecule has 0 fully saturated rings. The number of methoxy groups -OCH3 is 1. The van der Waals surface area contributed by atoms with Crippen LogP contribution in [0.15, 0.2) is 70.3 Å². The minimum Gasteiger partial charge on any atom is -0.495 e. The highest BCUT2D eigenvalue weighted by Gasteiger charge is 2.17. The number of benzene rings is 3. The highest BCUT2D eigenvalue weighted by atomic mass is 35.5. The molecular formula is C25H21ClFN3O4. The Bertz CT molecular complexity index is 1510. The van der Waals surface area contributed by atoms with Gasteiger partial charge < -0.3 is 10.1 Å². The summed E-state index contributed by atoms with van der Waals surface area (Å²) in [5.74, 6) is -0.529. The Morgan fingerprint density at radius 3 is 2.47 bits per heavy atom. The Morgan fingerprint density at radius 2 is 1.76 bits per heavy atom. The first-order valence-corrected chi connectivity index (χ1v) is 10.8. The summed E-state index contributed by atoms with van der Waals surface area (Å²) in [6.45, 7) is 1.39. The Kier molecular flexibility index (Phi) is 6.51. The Morgan fingerprint density at radius 1 is 1.06 bits per heavy atom. The van der Waals surface area contributed by atoms with E-state index < -0.39 is 23.0 Å². The maximum Gasteiger partial charge on any atom is 0.332 e. The number of ether oxygens (including phenoxy) is 1. The first-order valence-electron chi connectivity index (χ1n) is 10.4. The molecule has 4 aromatic rings. The predicted octanol–water partition coefficient (Wildman–Crippen LogP) is 3.96. The second-order valence-electron chi connectivity index (χ2n) is 7.75. The highest BCUT2D eigenvalue weighted by Crippen LogP contribution is 2.31. The normalized spacial score (nSPS) is 10.9. The largest absolute Gasteiger partial charge is 0.495 e. The van der Waals surface area contributed by atoms with Crippen molar-refractivity contribution < 1.29 is 13.9 Å². The van der Waals surface area contributed by atoms with E-state index in [0.29, 0.717) is 27.5 Å². The number of halogens is 2. The molecule has 3 aromatic carbocycles. The number of rotatable bonds is 6. The van der Waals surface area contributed by atoms with E-state index in [0.717, 1.165) is 10.1 Å². The molecule has 0 radical (unpaired) electrons. The standard InChI is InChI=1S/C25H21ClFN3O4/c1-15-11-20(22(34-2)12-19(15)26)28-23(31)14-29-21-6-4-3-5-18(21)24(32)30(25(29)33)13-16-7-9-17(27)10-8-16/h3-12H,13-14H2,1-2H3,(H,28,31). The third kappa shape index (κ3) is 4.58. The molecule has 1 aromatic heterocycles. The second kappa shape index (κ2) is 9.52. The fraction of sp³-hybridized carbons (Fsp3) is 0.160. The van der Waals surface area contributed by atoms with E-state index in [1.807, 2.05) is 0 Å². The zero-order valence-electron chi connectivity index (χ0n) is 18.5. The van der Waals surface area contributed by atoms with Crippen molar-refractivity contribution in [2.24, 2.45) is 0 Å². The van der Waals surface area contributed by atoms with Crippen LogP contribution in [0.4, 0.5) is 10.1 Å². The van der Waals surface area contributed by atoms with Gasteiger partial charge in [0.05, 0.1) is 30.2 Å². The highest BCUT2D eigenvalue weighted by molar-refractivity contribution is 6.31. The lowest BCUT2D eigenvalue weighted by Gasteiger charge is -2.16. The van der Waals surface area contributed by atoms with Gasteiger partial charge >= 0.3 is 5.69 Å². The molecular weight excluding hydrogens is 461 g/mol. The number of carbonyl (C=O) groups is 1. The molecule has 0 aliphatic carbocycles. The van der Waals surface area contributed by atoms with Crippen molar-refractivity contribution in [3.8, 4) is 5.75 Å². The number of amides is 1. The summed E-state index contributed by atoms with van der Waals surface area (Å²) in [7, 11) is 1.46. The second-order valence-corrected chi connectivity index (χ2v) is 8.16. The zero-order valence-corrected chi connectivity index (χ0v) is 19.2. The Hall–Kier alpha value is -3.91. The van der Waals surface area contributed by atoms with E-state index in [1.54, 1.807) is 43.3 Å². The number of nitrogens with zero attached hydrogens (tertiary/aromatic N) is 2. The SMILES string of the molecule is COc1cc(Cl)c(C)cc1NC(=O)Cn1c(=O)n(Cc2ccc(F)cc2)c(=O)c2ccccc21. The number of hydrogen-bond acceptors (Lipinski definition) is 4. The number of hydrogen-bond donors (Lipinski definition) is 1. The lowest BCUT2D eigenvalue weighted by Crippen LogP contribution is -2.42. The molecule has 1 heterocycles. The third-order valence-electron chi connectivity index (χ3n) is 5.44. The van der Waals surface area contributed by atoms with Gasteiger partial charge in [-0.2, -0.15) is 0 Å². The van der Waals surface area contributed by atoms with Crippen molar-refractivity contribution in [3.63, 3.8) is 0 Å². The van der Waals surface area contributed by atoms with Gasteiger partial charge in [-0.1, -0.05) is 35.9 Å². The van der Waals surface area contributed by atoms with E-state index in [9.17, 15) is 18.8 Å². The topological polar surface area (TPSA) is 82.3 Å². The molecule has 0 saturated carbocycles. The van der Waals surface area contributed by atoms with Crippen molar-refractivity contribution in [3.05, 3.63) is 103 Å². The molecule has 0 unspecified atom stereocenters. The summed E-state index contributed by atoms with van der Waals surface area (Å²) in [6, 6.07) is 15.4. The molecule has 0 aliphatic rings. The Labute approximate surface area is 199 Å². The van der Waals surface area contributed by atoms with Crippen LogP contribution in [-0.4, -0.2) is 22.2 Å². The van der Waals surface area contributed by atoms with Crippen LogP contribution >= 0.6 is 11.6 Å². The third-order valence-corrected chi connectivity index (χ3v) is 5.85. The summed E-state index contributed by atoms with van der Waals surface area (Å²) in [5.41, 5.74) is 0.925. The van der Waals surface area contributed by atoms with Crippen LogP contribution in [0.5, 0.6) is 5.75 Å². The van der Waals surface area contributed by atoms with Gasteiger partial charge in [0.15, 0.2) is 0 Å². The van der Waals surface area contributed by atoms with Gasteiger partial charge in [0.1, 0.15) is 18.1 Å². The number of aromatic nitrogens is 2. The molecule has 174 valence electrons. The maximum atomic E-state index is 13.3. The van der Waals surface area contributed by atoms with Gasteiger partial charge in [0, 0.05) is 11.1 Å². The number of nitrogens with one attached hydrogen (secondary N) is 1. The molecule has 4 rings (SSSR count). The molecule has 34 heavy (non-hydrogen) atoms. The zero-order chi connectivity index (χ0) is 24.4. The summed E-state index contributed by atoms with van der Waals surface area (Å²) >= 11 is 6.13. The van der Waals surface area contributed by atoms with Crippen LogP contribution in [0.2, 0.25) is 5.02 Å². The van der Waals surface area contributed by atoms with E-state index in [-0.39, 0.29) is 18.5 Å². The van der Waals surface area contributed by atoms with Gasteiger partial charge in [-0.05, 0) is 48.4 Å². The van der Waals surface area contributed by atoms with Gasteiger partial charge in [0.2, 0.25) is 5.91 Å². The number of anilines is 1. The number of fused-ring (bicyclic) bond motifs is 1. The lowest BCUT2D eigenvalue weighted by molar-refractivity contribution is -0.116. The minimum absolute atomic E-state index is 0.0609. The first-order chi connectivity index (χ1) is 16.3. The molecule has 0 aliphatic heterocycles. The van der Waals surface area contributed by atoms with Crippen LogP contribution in [0, 0.1) is 12.7 Å². The maximum absolute atomic E-state index is 13.3. The molecule has 7 nitrogen and oxygen atoms in total. The summed E-state index contributed by atoms with van der Waals surface area (Å²) in [5, 5.41) is 3.53. The molecule has 9 heteroatoms. The fourth-order valence-electron chi connectivity index (χ4n) is 3.70. The predicted molar refractivity (Wildman–Crippen MR) is 129 cm³/mol. The van der Waals surface area contributed by atoms with Gasteiger partial charge in [0.25, 0.3) is 5.56 Å². The summed E-state index contributed by atoms with van der Waals surface area (Å²) in [6.07, 6.45) is 0. The molecule has 1 amide bonds. The van der Waals surface area contributed by atoms with Crippen LogP contribution < -0.4 is 21.3 Å². The average Bonchev–Trinajstić information content (AvgIpc) is 2.83. The molecule has 1 N–H and O–H groups in total. The van der Waals surface area contributed by atoms with E-state index in [2.05, 4.69) is 5.32 Å². The molecule has 0 spiro atoms. The minimum atomic E-state index is -0.651. The van der Waals surface area contributed by atoms with Crippen molar-refractivity contribution >= 4 is 34.1 Å². The van der Waals surface area contributed by atoms with Gasteiger partial charge in [-0.25, -0.2) is 9.18 Å². The van der Waals surface area contributed by atoms with Gasteiger partial charge in [-0.3, -0.25) is 18.7 Å². The Balaban J connectivity index is 1.74. The van der Waals surface area contributed by atoms with Crippen LogP contribution in [0.1, 0.15) is 11.1 Å². The van der Waals surface area contributed by atoms with Crippen LogP contribution in [0.25, 0.3) is 10.9 Å². The van der Waals surface area contributed by atoms with Crippen LogP contribution in [0.3, 0.4) is 0 Å². The summed E-state index contributed by atoms with van der Waals surface area (Å²) in [4.78, 5) is 39.3. The lowest BCUT2D eigenvalue weighted by atomic mass is 10.2. The molecule has 0 atom stereocenters. The quantitative estimate of drug-likeness (QED) is 0.452. The molecule has 0 bridgehead atoms. The average molecular weight is 482 g/mol. The van der Waals surface area contributed by atoms with Crippen molar-refractivity contribution in [2.45, 2.75) is 20.0 Å². The van der Waals surface area contributed by atoms with E-state index >= 15 is 0 Å². The van der Waals surface area contributed by atoms with Crippen molar-refractivity contribution in [1.82, 2.24) is 9.13 Å². The molecule has 0 saturated heterocycles. The van der Waals surface area contributed by atoms with E-state index in [4.69, 9.17) is 16.3 Å². The van der Waals surface area contributed by atoms with Crippen LogP contribution in [-0.2, 0) is 17.9 Å². The monoisotopic (exact) mass is 481 g/mol. The number of aryl methyl sites for hydroxylation is 1. The first kappa shape index (κ1) is 23.3. The number of para-hydroxylation sites is 1. The summed E-state index contributed by atoms with van der Waals surface area (Å²) < 4.78 is 20.9. The fourth-order valence-corrected chi connectivity index (χ4v) is 3.85. The smallest absolute Gasteiger partial charge is 0.332 e. The van der Waals surface area contributed by atoms with Crippen molar-refractivity contribution in [2.75, 3.05) is 12.4 Å². The van der Waals surface area contributed by atoms with Gasteiger partial charge in [-0.15, -0.1) is 0 Å². The van der Waals surface area contributed by atoms with Crippen molar-refractivity contribution in [1.29, 1.82) is 0 Å². The van der Waals surface area contributed by atoms with E-state index in [1.165, 1.54) is 35.9 Å². The number of carbonyl (C=O) groups excluding carboxylic acids is 1.